The number of likely N-dealkylation sites (tertiary alicyclic amines) is 1. The first-order valence-corrected chi connectivity index (χ1v) is 10.6. The van der Waals surface area contributed by atoms with E-state index in [-0.39, 0.29) is 30.0 Å². The monoisotopic (exact) mass is 434 g/mol. The van der Waals surface area contributed by atoms with Gasteiger partial charge in [0.1, 0.15) is 23.7 Å². The van der Waals surface area contributed by atoms with E-state index in [1.165, 1.54) is 0 Å². The Bertz CT molecular complexity index is 807. The summed E-state index contributed by atoms with van der Waals surface area (Å²) in [6, 6.07) is 0. The van der Waals surface area contributed by atoms with E-state index < -0.39 is 19.3 Å². The van der Waals surface area contributed by atoms with Crippen LogP contribution in [0.25, 0.3) is 0 Å². The molecule has 1 aromatic heterocycles. The predicted molar refractivity (Wildman–Crippen MR) is 114 cm³/mol. The highest BCUT2D eigenvalue weighted by Crippen LogP contribution is 2.23. The summed E-state index contributed by atoms with van der Waals surface area (Å²) in [4.78, 5) is 17.9. The molecule has 0 radical (unpaired) electrons. The highest BCUT2D eigenvalue weighted by atomic mass is 16.5. The Balaban J connectivity index is 1.58. The lowest BCUT2D eigenvalue weighted by Crippen LogP contribution is -2.57. The Morgan fingerprint density at radius 2 is 2.26 bits per heavy atom. The number of nitrogens with two attached hydrogens (primary N) is 1. The van der Waals surface area contributed by atoms with Crippen LogP contribution in [0.4, 0.5) is 0 Å². The number of aromatic nitrogens is 2. The van der Waals surface area contributed by atoms with Crippen molar-refractivity contribution in [1.82, 2.24) is 14.5 Å². The van der Waals surface area contributed by atoms with E-state index in [9.17, 15) is 20.0 Å². The SMILES string of the molecule is CC1/C=C\C(OC2CN(C(O)Cc3cn(CCN)cn3)C2)=C(\C(=O)O)COB(O)CC1. The van der Waals surface area contributed by atoms with Crippen LogP contribution in [0.15, 0.2) is 36.0 Å². The third kappa shape index (κ3) is 6.65. The molecule has 0 saturated carbocycles. The number of carboxylic acid groups (broad SMARTS) is 1. The molecule has 0 amide bonds. The second kappa shape index (κ2) is 10.9. The van der Waals surface area contributed by atoms with Crippen molar-refractivity contribution in [2.75, 3.05) is 26.2 Å². The molecule has 2 atom stereocenters. The maximum Gasteiger partial charge on any atom is 0.454 e. The number of aliphatic hydroxyl groups is 1. The van der Waals surface area contributed by atoms with Crippen LogP contribution in [0.5, 0.6) is 0 Å². The van der Waals surface area contributed by atoms with E-state index in [1.54, 1.807) is 12.4 Å². The molecule has 3 rings (SSSR count). The number of ether oxygens (including phenoxy) is 1. The van der Waals surface area contributed by atoms with E-state index in [1.807, 2.05) is 28.7 Å². The van der Waals surface area contributed by atoms with E-state index in [2.05, 4.69) is 4.98 Å². The molecule has 2 aliphatic rings. The second-order valence-corrected chi connectivity index (χ2v) is 8.10. The molecular formula is C20H31BN4O6. The maximum absolute atomic E-state index is 11.7. The van der Waals surface area contributed by atoms with Crippen molar-refractivity contribution in [1.29, 1.82) is 0 Å². The number of carbonyl (C=O) groups is 1. The predicted octanol–water partition coefficient (Wildman–Crippen LogP) is -0.165. The van der Waals surface area contributed by atoms with Crippen molar-refractivity contribution in [3.63, 3.8) is 0 Å². The summed E-state index contributed by atoms with van der Waals surface area (Å²) >= 11 is 0. The molecular weight excluding hydrogens is 403 g/mol. The molecule has 0 aromatic carbocycles. The normalized spacial score (nSPS) is 25.7. The summed E-state index contributed by atoms with van der Waals surface area (Å²) in [7, 11) is -1.01. The van der Waals surface area contributed by atoms with Gasteiger partial charge in [0.05, 0.1) is 18.6 Å². The number of allylic oxidation sites excluding steroid dienone is 2. The third-order valence-electron chi connectivity index (χ3n) is 5.48. The van der Waals surface area contributed by atoms with Gasteiger partial charge in [-0.2, -0.15) is 0 Å². The molecule has 11 heteroatoms. The standard InChI is InChI=1S/C20H31BN4O6/c1-14-2-3-18(17(20(27)28)12-30-21(29)5-4-14)31-16-10-25(11-16)19(26)8-15-9-24(7-6-22)13-23-15/h2-3,9,13-14,16,19,26,29H,4-8,10-12,22H2,1H3,(H,27,28)/b3-2-,18-17-. The van der Waals surface area contributed by atoms with Crippen LogP contribution in [0.3, 0.4) is 0 Å². The number of hydrogen-bond acceptors (Lipinski definition) is 8. The highest BCUT2D eigenvalue weighted by molar-refractivity contribution is 6.42. The summed E-state index contributed by atoms with van der Waals surface area (Å²) in [5.41, 5.74) is 6.28. The van der Waals surface area contributed by atoms with Gasteiger partial charge in [0.2, 0.25) is 0 Å². The van der Waals surface area contributed by atoms with Gasteiger partial charge in [-0.15, -0.1) is 0 Å². The lowest BCUT2D eigenvalue weighted by atomic mass is 9.80. The number of hydrogen-bond donors (Lipinski definition) is 4. The van der Waals surface area contributed by atoms with Gasteiger partial charge in [0, 0.05) is 38.8 Å². The first-order valence-electron chi connectivity index (χ1n) is 10.6. The van der Waals surface area contributed by atoms with Crippen molar-refractivity contribution in [3.05, 3.63) is 41.7 Å². The minimum Gasteiger partial charge on any atom is -0.487 e. The lowest BCUT2D eigenvalue weighted by Gasteiger charge is -2.42. The zero-order chi connectivity index (χ0) is 22.4. The fraction of sp³-hybridized carbons (Fsp3) is 0.600. The molecule has 1 saturated heterocycles. The van der Waals surface area contributed by atoms with Crippen LogP contribution < -0.4 is 5.73 Å². The van der Waals surface area contributed by atoms with E-state index in [4.69, 9.17) is 15.1 Å². The molecule has 0 aliphatic carbocycles. The van der Waals surface area contributed by atoms with Crippen LogP contribution >= 0.6 is 0 Å². The molecule has 1 fully saturated rings. The molecule has 170 valence electrons. The van der Waals surface area contributed by atoms with Gasteiger partial charge < -0.3 is 34.9 Å². The minimum atomic E-state index is -1.15. The average Bonchev–Trinajstić information content (AvgIpc) is 3.12. The molecule has 2 unspecified atom stereocenters. The average molecular weight is 434 g/mol. The van der Waals surface area contributed by atoms with Crippen LogP contribution in [-0.2, 0) is 27.2 Å². The smallest absolute Gasteiger partial charge is 0.454 e. The molecule has 3 heterocycles. The Kier molecular flexibility index (Phi) is 8.27. The summed E-state index contributed by atoms with van der Waals surface area (Å²) in [5, 5.41) is 29.9. The topological polar surface area (TPSA) is 143 Å². The maximum atomic E-state index is 11.7. The number of aliphatic carboxylic acids is 1. The van der Waals surface area contributed by atoms with Gasteiger partial charge >= 0.3 is 13.1 Å². The summed E-state index contributed by atoms with van der Waals surface area (Å²) in [6.07, 6.45) is 7.73. The largest absolute Gasteiger partial charge is 0.487 e. The summed E-state index contributed by atoms with van der Waals surface area (Å²) in [6.45, 7) is 3.88. The Morgan fingerprint density at radius 3 is 2.97 bits per heavy atom. The van der Waals surface area contributed by atoms with E-state index in [0.717, 1.165) is 12.1 Å². The quantitative estimate of drug-likeness (QED) is 0.410. The Morgan fingerprint density at radius 1 is 1.48 bits per heavy atom. The van der Waals surface area contributed by atoms with Gasteiger partial charge in [0.15, 0.2) is 0 Å². The Labute approximate surface area is 182 Å². The first kappa shape index (κ1) is 23.5. The molecule has 31 heavy (non-hydrogen) atoms. The number of nitrogens with zero attached hydrogens (tertiary/aromatic N) is 3. The highest BCUT2D eigenvalue weighted by Gasteiger charge is 2.34. The molecule has 5 N–H and O–H groups in total. The Hall–Kier alpha value is -2.18. The summed E-state index contributed by atoms with van der Waals surface area (Å²) in [5.74, 6) is -0.777. The van der Waals surface area contributed by atoms with Crippen molar-refractivity contribution >= 4 is 13.1 Å². The zero-order valence-electron chi connectivity index (χ0n) is 17.8. The van der Waals surface area contributed by atoms with Crippen molar-refractivity contribution in [3.8, 4) is 0 Å². The van der Waals surface area contributed by atoms with Gasteiger partial charge in [-0.05, 0) is 24.7 Å². The molecule has 0 bridgehead atoms. The van der Waals surface area contributed by atoms with Gasteiger partial charge in [-0.1, -0.05) is 13.0 Å². The van der Waals surface area contributed by atoms with Crippen LogP contribution in [0.2, 0.25) is 6.32 Å². The van der Waals surface area contributed by atoms with Crippen LogP contribution in [0, 0.1) is 5.92 Å². The van der Waals surface area contributed by atoms with Gasteiger partial charge in [-0.25, -0.2) is 9.78 Å². The minimum absolute atomic E-state index is 0.0335. The molecule has 0 spiro atoms. The number of carboxylic acids is 1. The van der Waals surface area contributed by atoms with Crippen LogP contribution in [-0.4, -0.2) is 81.3 Å². The van der Waals surface area contributed by atoms with E-state index >= 15 is 0 Å². The molecule has 2 aliphatic heterocycles. The third-order valence-corrected chi connectivity index (χ3v) is 5.48. The van der Waals surface area contributed by atoms with Crippen molar-refractivity contribution in [2.24, 2.45) is 11.7 Å². The van der Waals surface area contributed by atoms with Crippen molar-refractivity contribution < 1.29 is 29.4 Å². The van der Waals surface area contributed by atoms with Gasteiger partial charge in [-0.3, -0.25) is 4.90 Å². The fourth-order valence-corrected chi connectivity index (χ4v) is 3.53. The molecule has 1 aromatic rings. The number of aliphatic hydroxyl groups excluding tert-OH is 1. The fourth-order valence-electron chi connectivity index (χ4n) is 3.53. The number of imidazole rings is 1. The summed E-state index contributed by atoms with van der Waals surface area (Å²) < 4.78 is 13.1. The second-order valence-electron chi connectivity index (χ2n) is 8.10. The first-order chi connectivity index (χ1) is 14.9. The van der Waals surface area contributed by atoms with E-state index in [0.29, 0.717) is 38.9 Å². The zero-order valence-corrected chi connectivity index (χ0v) is 17.8. The lowest BCUT2D eigenvalue weighted by molar-refractivity contribution is -0.134. The van der Waals surface area contributed by atoms with Crippen molar-refractivity contribution in [2.45, 2.75) is 45.0 Å². The van der Waals surface area contributed by atoms with Gasteiger partial charge in [0.25, 0.3) is 0 Å². The molecule has 10 nitrogen and oxygen atoms in total. The van der Waals surface area contributed by atoms with Crippen LogP contribution in [0.1, 0.15) is 19.0 Å². The number of rotatable bonds is 8.